The molecule has 0 unspecified atom stereocenters. The van der Waals surface area contributed by atoms with Crippen molar-refractivity contribution in [3.8, 4) is 0 Å². The summed E-state index contributed by atoms with van der Waals surface area (Å²) < 4.78 is 27.3. The van der Waals surface area contributed by atoms with E-state index in [0.29, 0.717) is 17.4 Å². The van der Waals surface area contributed by atoms with Gasteiger partial charge in [-0.05, 0) is 25.0 Å². The van der Waals surface area contributed by atoms with Crippen LogP contribution in [0.1, 0.15) is 20.8 Å². The van der Waals surface area contributed by atoms with Gasteiger partial charge in [0, 0.05) is 15.0 Å². The van der Waals surface area contributed by atoms with E-state index >= 15 is 0 Å². The number of thiophene rings is 1. The lowest BCUT2D eigenvalue weighted by Crippen LogP contribution is -2.06. The summed E-state index contributed by atoms with van der Waals surface area (Å²) in [6, 6.07) is 5.44. The van der Waals surface area contributed by atoms with Crippen molar-refractivity contribution in [3.05, 3.63) is 34.2 Å². The second kappa shape index (κ2) is 5.51. The second-order valence-corrected chi connectivity index (χ2v) is 7.35. The van der Waals surface area contributed by atoms with Crippen molar-refractivity contribution in [1.82, 2.24) is 0 Å². The van der Waals surface area contributed by atoms with Crippen molar-refractivity contribution in [2.75, 3.05) is 12.9 Å². The topological polar surface area (TPSA) is 80.7 Å². The van der Waals surface area contributed by atoms with Crippen LogP contribution in [-0.4, -0.2) is 32.4 Å². The molecule has 0 saturated carbocycles. The van der Waals surface area contributed by atoms with Crippen molar-refractivity contribution in [2.24, 2.45) is 0 Å². The number of hydrogen-bond acceptors (Lipinski definition) is 5. The number of aryl methyl sites for hydroxylation is 1. The molecule has 108 valence electrons. The Balaban J connectivity index is 2.24. The van der Waals surface area contributed by atoms with E-state index in [1.807, 2.05) is 6.07 Å². The predicted molar refractivity (Wildman–Crippen MR) is 78.0 cm³/mol. The van der Waals surface area contributed by atoms with E-state index in [9.17, 15) is 18.3 Å². The van der Waals surface area contributed by atoms with Crippen LogP contribution >= 0.6 is 11.3 Å². The molecule has 0 spiro atoms. The second-order valence-electron chi connectivity index (χ2n) is 4.45. The first-order chi connectivity index (χ1) is 9.28. The van der Waals surface area contributed by atoms with Crippen LogP contribution in [0.3, 0.4) is 0 Å². The summed E-state index contributed by atoms with van der Waals surface area (Å²) in [7, 11) is -3.43. The third-order valence-electron chi connectivity index (χ3n) is 2.83. The molecule has 0 aliphatic rings. The molecule has 0 amide bonds. The molecule has 5 nitrogen and oxygen atoms in total. The average molecular weight is 314 g/mol. The first-order valence-electron chi connectivity index (χ1n) is 5.87. The van der Waals surface area contributed by atoms with Gasteiger partial charge in [0.15, 0.2) is 0 Å². The molecule has 0 aliphatic heterocycles. The molecule has 1 N–H and O–H groups in total. The molecule has 0 fully saturated rings. The number of fused-ring (bicyclic) bond motifs is 1. The van der Waals surface area contributed by atoms with Crippen molar-refractivity contribution in [3.63, 3.8) is 0 Å². The zero-order valence-corrected chi connectivity index (χ0v) is 12.7. The standard InChI is InChI=1S/C13H14O5S2/c1-8-12(13(14)15)10-4-3-9(7-11(10)19-8)5-6-18-20(2,16)17/h3-4,7H,5-6H2,1-2H3,(H,14,15). The third kappa shape index (κ3) is 3.36. The van der Waals surface area contributed by atoms with Crippen LogP contribution in [0, 0.1) is 6.92 Å². The fourth-order valence-corrected chi connectivity index (χ4v) is 3.50. The fourth-order valence-electron chi connectivity index (χ4n) is 2.00. The number of hydrogen-bond donors (Lipinski definition) is 1. The van der Waals surface area contributed by atoms with E-state index < -0.39 is 16.1 Å². The SMILES string of the molecule is Cc1sc2cc(CCOS(C)(=O)=O)ccc2c1C(=O)O. The molecule has 0 bridgehead atoms. The molecular formula is C13H14O5S2. The molecular weight excluding hydrogens is 300 g/mol. The van der Waals surface area contributed by atoms with Crippen molar-refractivity contribution >= 4 is 37.5 Å². The Morgan fingerprint density at radius 2 is 2.10 bits per heavy atom. The highest BCUT2D eigenvalue weighted by Crippen LogP contribution is 2.31. The molecule has 0 atom stereocenters. The predicted octanol–water partition coefficient (Wildman–Crippen LogP) is 2.43. The Labute approximate surface area is 120 Å². The van der Waals surface area contributed by atoms with Crippen molar-refractivity contribution < 1.29 is 22.5 Å². The monoisotopic (exact) mass is 314 g/mol. The van der Waals surface area contributed by atoms with Crippen LogP contribution in [-0.2, 0) is 20.7 Å². The lowest BCUT2D eigenvalue weighted by Gasteiger charge is -2.02. The van der Waals surface area contributed by atoms with Gasteiger partial charge in [-0.15, -0.1) is 11.3 Å². The largest absolute Gasteiger partial charge is 0.478 e. The number of aromatic carboxylic acids is 1. The highest BCUT2D eigenvalue weighted by molar-refractivity contribution is 7.85. The maximum atomic E-state index is 11.2. The maximum Gasteiger partial charge on any atom is 0.337 e. The third-order valence-corrected chi connectivity index (χ3v) is 4.50. The summed E-state index contributed by atoms with van der Waals surface area (Å²) >= 11 is 1.42. The first-order valence-corrected chi connectivity index (χ1v) is 8.51. The number of carboxylic acids is 1. The van der Waals surface area contributed by atoms with Gasteiger partial charge >= 0.3 is 5.97 Å². The first kappa shape index (κ1) is 15.0. The average Bonchev–Trinajstić information content (AvgIpc) is 2.62. The van der Waals surface area contributed by atoms with Crippen LogP contribution in [0.4, 0.5) is 0 Å². The molecule has 2 rings (SSSR count). The van der Waals surface area contributed by atoms with Crippen molar-refractivity contribution in [1.29, 1.82) is 0 Å². The minimum absolute atomic E-state index is 0.0838. The normalized spacial score (nSPS) is 11.9. The number of carbonyl (C=O) groups is 1. The van der Waals surface area contributed by atoms with Crippen LogP contribution in [0.5, 0.6) is 0 Å². The Bertz CT molecular complexity index is 758. The van der Waals surface area contributed by atoms with Crippen LogP contribution in [0.25, 0.3) is 10.1 Å². The van der Waals surface area contributed by atoms with E-state index in [1.54, 1.807) is 19.1 Å². The van der Waals surface area contributed by atoms with Crippen LogP contribution < -0.4 is 0 Å². The van der Waals surface area contributed by atoms with Gasteiger partial charge in [-0.2, -0.15) is 8.42 Å². The molecule has 1 heterocycles. The Morgan fingerprint density at radius 3 is 2.70 bits per heavy atom. The molecule has 1 aromatic carbocycles. The molecule has 2 aromatic rings. The Kier molecular flexibility index (Phi) is 4.12. The summed E-state index contributed by atoms with van der Waals surface area (Å²) in [6.45, 7) is 1.86. The lowest BCUT2D eigenvalue weighted by molar-refractivity contribution is 0.0699. The van der Waals surface area contributed by atoms with Gasteiger partial charge in [0.1, 0.15) is 0 Å². The molecule has 20 heavy (non-hydrogen) atoms. The number of carboxylic acid groups (broad SMARTS) is 1. The minimum atomic E-state index is -3.43. The smallest absolute Gasteiger partial charge is 0.337 e. The minimum Gasteiger partial charge on any atom is -0.478 e. The van der Waals surface area contributed by atoms with E-state index in [-0.39, 0.29) is 6.61 Å². The summed E-state index contributed by atoms with van der Waals surface area (Å²) in [6.07, 6.45) is 1.47. The number of rotatable bonds is 5. The molecule has 0 aliphatic carbocycles. The fraction of sp³-hybridized carbons (Fsp3) is 0.308. The zero-order chi connectivity index (χ0) is 14.9. The van der Waals surface area contributed by atoms with E-state index in [0.717, 1.165) is 21.4 Å². The Morgan fingerprint density at radius 1 is 1.40 bits per heavy atom. The molecule has 0 radical (unpaired) electrons. The van der Waals surface area contributed by atoms with Crippen LogP contribution in [0.15, 0.2) is 18.2 Å². The van der Waals surface area contributed by atoms with Gasteiger partial charge in [0.25, 0.3) is 10.1 Å². The highest BCUT2D eigenvalue weighted by atomic mass is 32.2. The lowest BCUT2D eigenvalue weighted by atomic mass is 10.1. The molecule has 1 aromatic heterocycles. The van der Waals surface area contributed by atoms with Crippen molar-refractivity contribution in [2.45, 2.75) is 13.3 Å². The summed E-state index contributed by atoms with van der Waals surface area (Å²) in [4.78, 5) is 11.9. The number of benzene rings is 1. The highest BCUT2D eigenvalue weighted by Gasteiger charge is 2.15. The quantitative estimate of drug-likeness (QED) is 0.857. The molecule has 7 heteroatoms. The van der Waals surface area contributed by atoms with Crippen LogP contribution in [0.2, 0.25) is 0 Å². The van der Waals surface area contributed by atoms with Gasteiger partial charge in [0.05, 0.1) is 18.4 Å². The summed E-state index contributed by atoms with van der Waals surface area (Å²) in [5.41, 5.74) is 1.25. The van der Waals surface area contributed by atoms with Gasteiger partial charge in [-0.25, -0.2) is 4.79 Å². The van der Waals surface area contributed by atoms with E-state index in [1.165, 1.54) is 11.3 Å². The van der Waals surface area contributed by atoms with Gasteiger partial charge in [-0.1, -0.05) is 12.1 Å². The van der Waals surface area contributed by atoms with E-state index in [2.05, 4.69) is 0 Å². The zero-order valence-electron chi connectivity index (χ0n) is 11.0. The summed E-state index contributed by atoms with van der Waals surface area (Å²) in [5, 5.41) is 9.89. The maximum absolute atomic E-state index is 11.2. The Hall–Kier alpha value is -1.44. The van der Waals surface area contributed by atoms with Gasteiger partial charge in [-0.3, -0.25) is 4.18 Å². The van der Waals surface area contributed by atoms with Gasteiger partial charge in [0.2, 0.25) is 0 Å². The van der Waals surface area contributed by atoms with Gasteiger partial charge < -0.3 is 5.11 Å². The summed E-state index contributed by atoms with van der Waals surface area (Å²) in [5.74, 6) is -0.929. The van der Waals surface area contributed by atoms with E-state index in [4.69, 9.17) is 4.18 Å². The molecule has 0 saturated heterocycles.